The number of hydrogen-bond acceptors (Lipinski definition) is 3. The Morgan fingerprint density at radius 2 is 1.95 bits per heavy atom. The highest BCUT2D eigenvalue weighted by Gasteiger charge is 2.31. The number of hydrogen-bond donors (Lipinski definition) is 2. The van der Waals surface area contributed by atoms with Gasteiger partial charge in [0.05, 0.1) is 0 Å². The molecule has 0 aromatic heterocycles. The summed E-state index contributed by atoms with van der Waals surface area (Å²) in [7, 11) is 0. The standard InChI is InChI=1S/C16H13Cl2NO3/c17-10-6-12(18)15-11(9-4-2-1-3-5-9)8-14(22-16(20)21)19-13(15)7-10/h1-7,11,14,19H,8H2,(H,20,21). The number of anilines is 1. The maximum Gasteiger partial charge on any atom is 0.507 e. The molecule has 1 heterocycles. The molecule has 0 amide bonds. The van der Waals surface area contributed by atoms with Gasteiger partial charge in [0.2, 0.25) is 0 Å². The second kappa shape index (κ2) is 6.07. The molecule has 3 rings (SSSR count). The van der Waals surface area contributed by atoms with Gasteiger partial charge in [-0.05, 0) is 17.7 Å². The summed E-state index contributed by atoms with van der Waals surface area (Å²) in [5.74, 6) is -0.0634. The Labute approximate surface area is 137 Å². The number of fused-ring (bicyclic) bond motifs is 1. The lowest BCUT2D eigenvalue weighted by Crippen LogP contribution is -2.32. The smallest absolute Gasteiger partial charge is 0.450 e. The monoisotopic (exact) mass is 337 g/mol. The summed E-state index contributed by atoms with van der Waals surface area (Å²) < 4.78 is 4.90. The zero-order valence-corrected chi connectivity index (χ0v) is 12.9. The Morgan fingerprint density at radius 1 is 1.23 bits per heavy atom. The van der Waals surface area contributed by atoms with Crippen molar-refractivity contribution in [3.63, 3.8) is 0 Å². The van der Waals surface area contributed by atoms with Crippen LogP contribution in [0, 0.1) is 0 Å². The fourth-order valence-electron chi connectivity index (χ4n) is 2.81. The number of nitrogens with one attached hydrogen (secondary N) is 1. The molecular formula is C16H13Cl2NO3. The Balaban J connectivity index is 2.07. The average Bonchev–Trinajstić information content (AvgIpc) is 2.46. The third kappa shape index (κ3) is 2.98. The Bertz CT molecular complexity index is 706. The molecule has 0 saturated carbocycles. The Morgan fingerprint density at radius 3 is 2.64 bits per heavy atom. The molecule has 0 aliphatic carbocycles. The largest absolute Gasteiger partial charge is 0.507 e. The minimum absolute atomic E-state index is 0.0634. The van der Waals surface area contributed by atoms with Crippen molar-refractivity contribution in [1.29, 1.82) is 0 Å². The maximum absolute atomic E-state index is 10.8. The SMILES string of the molecule is O=C(O)OC1CC(c2ccccc2)c2c(Cl)cc(Cl)cc2N1. The molecule has 6 heteroatoms. The van der Waals surface area contributed by atoms with E-state index in [9.17, 15) is 4.79 Å². The van der Waals surface area contributed by atoms with E-state index in [1.165, 1.54) is 0 Å². The summed E-state index contributed by atoms with van der Waals surface area (Å²) in [4.78, 5) is 10.8. The van der Waals surface area contributed by atoms with Crippen LogP contribution in [0.25, 0.3) is 0 Å². The highest BCUT2D eigenvalue weighted by atomic mass is 35.5. The fraction of sp³-hybridized carbons (Fsp3) is 0.188. The van der Waals surface area contributed by atoms with Crippen LogP contribution in [0.3, 0.4) is 0 Å². The van der Waals surface area contributed by atoms with Crippen LogP contribution in [-0.4, -0.2) is 17.5 Å². The number of carboxylic acid groups (broad SMARTS) is 1. The highest BCUT2D eigenvalue weighted by Crippen LogP contribution is 2.44. The predicted octanol–water partition coefficient (Wildman–Crippen LogP) is 4.96. The third-order valence-electron chi connectivity index (χ3n) is 3.65. The molecule has 2 N–H and O–H groups in total. The van der Waals surface area contributed by atoms with Gasteiger partial charge in [-0.2, -0.15) is 0 Å². The van der Waals surface area contributed by atoms with E-state index in [1.807, 2.05) is 30.3 Å². The van der Waals surface area contributed by atoms with Crippen molar-refractivity contribution in [2.75, 3.05) is 5.32 Å². The summed E-state index contributed by atoms with van der Waals surface area (Å²) in [6.07, 6.45) is -1.50. The van der Waals surface area contributed by atoms with Crippen molar-refractivity contribution in [2.45, 2.75) is 18.6 Å². The summed E-state index contributed by atoms with van der Waals surface area (Å²) >= 11 is 12.4. The highest BCUT2D eigenvalue weighted by molar-refractivity contribution is 6.35. The van der Waals surface area contributed by atoms with Gasteiger partial charge in [0.25, 0.3) is 0 Å². The van der Waals surface area contributed by atoms with Crippen molar-refractivity contribution in [3.8, 4) is 0 Å². The third-order valence-corrected chi connectivity index (χ3v) is 4.18. The number of benzene rings is 2. The van der Waals surface area contributed by atoms with E-state index in [2.05, 4.69) is 5.32 Å². The van der Waals surface area contributed by atoms with Crippen molar-refractivity contribution in [3.05, 3.63) is 63.6 Å². The lowest BCUT2D eigenvalue weighted by Gasteiger charge is -2.33. The Kier molecular flexibility index (Phi) is 4.14. The van der Waals surface area contributed by atoms with Gasteiger partial charge in [0.1, 0.15) is 0 Å². The van der Waals surface area contributed by atoms with Gasteiger partial charge >= 0.3 is 6.16 Å². The molecule has 0 spiro atoms. The summed E-state index contributed by atoms with van der Waals surface area (Å²) in [5, 5.41) is 12.9. The molecule has 0 fully saturated rings. The van der Waals surface area contributed by atoms with E-state index < -0.39 is 12.4 Å². The molecule has 1 aliphatic rings. The Hall–Kier alpha value is -1.91. The minimum Gasteiger partial charge on any atom is -0.450 e. The zero-order chi connectivity index (χ0) is 15.7. The molecule has 2 atom stereocenters. The van der Waals surface area contributed by atoms with Crippen LogP contribution in [0.2, 0.25) is 10.0 Å². The molecule has 1 aliphatic heterocycles. The molecular weight excluding hydrogens is 325 g/mol. The van der Waals surface area contributed by atoms with Crippen LogP contribution < -0.4 is 5.32 Å². The van der Waals surface area contributed by atoms with Crippen LogP contribution in [0.4, 0.5) is 10.5 Å². The van der Waals surface area contributed by atoms with Gasteiger partial charge in [0.15, 0.2) is 6.23 Å². The summed E-state index contributed by atoms with van der Waals surface area (Å²) in [6, 6.07) is 13.2. The van der Waals surface area contributed by atoms with Gasteiger partial charge in [-0.15, -0.1) is 0 Å². The first-order valence-corrected chi connectivity index (χ1v) is 7.50. The van der Waals surface area contributed by atoms with Crippen LogP contribution in [0.5, 0.6) is 0 Å². The van der Waals surface area contributed by atoms with Crippen LogP contribution in [0.1, 0.15) is 23.5 Å². The van der Waals surface area contributed by atoms with Crippen molar-refractivity contribution in [2.24, 2.45) is 0 Å². The first-order chi connectivity index (χ1) is 10.5. The van der Waals surface area contributed by atoms with Gasteiger partial charge in [-0.1, -0.05) is 53.5 Å². The lowest BCUT2D eigenvalue weighted by atomic mass is 9.84. The van der Waals surface area contributed by atoms with Crippen LogP contribution >= 0.6 is 23.2 Å². The normalized spacial score (nSPS) is 19.9. The molecule has 2 aromatic rings. The van der Waals surface area contributed by atoms with E-state index in [4.69, 9.17) is 33.0 Å². The first kappa shape index (κ1) is 15.0. The first-order valence-electron chi connectivity index (χ1n) is 6.74. The number of halogens is 2. The molecule has 114 valence electrons. The fourth-order valence-corrected chi connectivity index (χ4v) is 3.44. The number of carbonyl (C=O) groups is 1. The molecule has 0 radical (unpaired) electrons. The second-order valence-electron chi connectivity index (χ2n) is 5.06. The van der Waals surface area contributed by atoms with E-state index in [0.717, 1.165) is 11.1 Å². The van der Waals surface area contributed by atoms with Gasteiger partial charge in [-0.25, -0.2) is 4.79 Å². The van der Waals surface area contributed by atoms with Crippen molar-refractivity contribution in [1.82, 2.24) is 0 Å². The molecule has 2 unspecified atom stereocenters. The molecule has 0 saturated heterocycles. The molecule has 22 heavy (non-hydrogen) atoms. The predicted molar refractivity (Wildman–Crippen MR) is 85.9 cm³/mol. The van der Waals surface area contributed by atoms with Crippen LogP contribution in [0.15, 0.2) is 42.5 Å². The van der Waals surface area contributed by atoms with E-state index >= 15 is 0 Å². The minimum atomic E-state index is -1.32. The quantitative estimate of drug-likeness (QED) is 0.760. The molecule has 2 aromatic carbocycles. The summed E-state index contributed by atoms with van der Waals surface area (Å²) in [6.45, 7) is 0. The maximum atomic E-state index is 10.8. The van der Waals surface area contributed by atoms with Gasteiger partial charge < -0.3 is 15.2 Å². The second-order valence-corrected chi connectivity index (χ2v) is 5.91. The van der Waals surface area contributed by atoms with E-state index in [1.54, 1.807) is 12.1 Å². The van der Waals surface area contributed by atoms with E-state index in [-0.39, 0.29) is 5.92 Å². The molecule has 0 bridgehead atoms. The van der Waals surface area contributed by atoms with Crippen molar-refractivity contribution < 1.29 is 14.6 Å². The summed E-state index contributed by atoms with van der Waals surface area (Å²) in [5.41, 5.74) is 2.65. The number of ether oxygens (including phenoxy) is 1. The van der Waals surface area contributed by atoms with Gasteiger partial charge in [-0.3, -0.25) is 0 Å². The van der Waals surface area contributed by atoms with Gasteiger partial charge in [0, 0.05) is 33.6 Å². The topological polar surface area (TPSA) is 58.6 Å². The number of rotatable bonds is 2. The average molecular weight is 338 g/mol. The van der Waals surface area contributed by atoms with Crippen LogP contribution in [-0.2, 0) is 4.74 Å². The van der Waals surface area contributed by atoms with Crippen molar-refractivity contribution >= 4 is 35.0 Å². The van der Waals surface area contributed by atoms with E-state index in [0.29, 0.717) is 22.2 Å². The lowest BCUT2D eigenvalue weighted by molar-refractivity contribution is 0.0562. The zero-order valence-electron chi connectivity index (χ0n) is 11.4. The molecule has 4 nitrogen and oxygen atoms in total.